The van der Waals surface area contributed by atoms with Crippen LogP contribution in [0.4, 0.5) is 10.5 Å². The maximum Gasteiger partial charge on any atom is 0.321 e. The van der Waals surface area contributed by atoms with Crippen molar-refractivity contribution >= 4 is 23.7 Å². The van der Waals surface area contributed by atoms with E-state index in [1.165, 1.54) is 0 Å². The molecule has 7 nitrogen and oxygen atoms in total. The van der Waals surface area contributed by atoms with Crippen LogP contribution in [0.25, 0.3) is 0 Å². The molecule has 1 saturated heterocycles. The number of nitrogens with zero attached hydrogens (tertiary/aromatic N) is 1. The number of carboxylic acids is 1. The minimum absolute atomic E-state index is 0.154. The lowest BCUT2D eigenvalue weighted by molar-refractivity contribution is -0.143. The molecule has 7 heteroatoms. The van der Waals surface area contributed by atoms with Crippen molar-refractivity contribution in [2.24, 2.45) is 5.92 Å². The average Bonchev–Trinajstić information content (AvgIpc) is 2.55. The van der Waals surface area contributed by atoms with E-state index in [9.17, 15) is 14.4 Å². The molecular formula is C17H22N2O5. The highest BCUT2D eigenvalue weighted by atomic mass is 16.5. The number of urea groups is 1. The monoisotopic (exact) mass is 334 g/mol. The number of ether oxygens (including phenoxy) is 1. The number of carbonyl (C=O) groups is 3. The van der Waals surface area contributed by atoms with Crippen LogP contribution in [-0.4, -0.2) is 47.7 Å². The maximum atomic E-state index is 12.3. The zero-order chi connectivity index (χ0) is 17.5. The van der Waals surface area contributed by atoms with Crippen molar-refractivity contribution in [1.29, 1.82) is 0 Å². The van der Waals surface area contributed by atoms with Gasteiger partial charge in [0.05, 0.1) is 18.9 Å². The van der Waals surface area contributed by atoms with Gasteiger partial charge in [-0.05, 0) is 37.5 Å². The van der Waals surface area contributed by atoms with Crippen molar-refractivity contribution in [1.82, 2.24) is 4.90 Å². The second-order valence-corrected chi connectivity index (χ2v) is 5.71. The van der Waals surface area contributed by atoms with Crippen molar-refractivity contribution in [2.75, 3.05) is 25.0 Å². The molecule has 0 aliphatic carbocycles. The molecule has 0 atom stereocenters. The number of hydrogen-bond donors (Lipinski definition) is 2. The molecule has 0 bridgehead atoms. The molecule has 1 heterocycles. The van der Waals surface area contributed by atoms with Gasteiger partial charge >= 0.3 is 18.0 Å². The number of esters is 1. The number of likely N-dealkylation sites (tertiary alicyclic amines) is 1. The average molecular weight is 334 g/mol. The van der Waals surface area contributed by atoms with E-state index in [0.717, 1.165) is 5.56 Å². The quantitative estimate of drug-likeness (QED) is 0.804. The Hall–Kier alpha value is -2.57. The van der Waals surface area contributed by atoms with E-state index in [1.807, 2.05) is 0 Å². The van der Waals surface area contributed by atoms with Crippen molar-refractivity contribution < 1.29 is 24.2 Å². The molecule has 2 N–H and O–H groups in total. The van der Waals surface area contributed by atoms with E-state index in [1.54, 1.807) is 36.1 Å². The molecule has 0 radical (unpaired) electrons. The Morgan fingerprint density at radius 3 is 2.62 bits per heavy atom. The van der Waals surface area contributed by atoms with Crippen LogP contribution in [0.3, 0.4) is 0 Å². The first-order valence-corrected chi connectivity index (χ1v) is 8.03. The minimum Gasteiger partial charge on any atom is -0.481 e. The Morgan fingerprint density at radius 2 is 2.00 bits per heavy atom. The molecule has 1 aromatic carbocycles. The van der Waals surface area contributed by atoms with E-state index in [-0.39, 0.29) is 24.3 Å². The summed E-state index contributed by atoms with van der Waals surface area (Å²) >= 11 is 0. The number of benzene rings is 1. The van der Waals surface area contributed by atoms with Gasteiger partial charge in [-0.15, -0.1) is 0 Å². The van der Waals surface area contributed by atoms with Crippen LogP contribution in [0.1, 0.15) is 25.3 Å². The van der Waals surface area contributed by atoms with Crippen molar-refractivity contribution in [2.45, 2.75) is 26.2 Å². The summed E-state index contributed by atoms with van der Waals surface area (Å²) in [6, 6.07) is 6.79. The third-order valence-corrected chi connectivity index (χ3v) is 3.96. The predicted octanol–water partition coefficient (Wildman–Crippen LogP) is 2.12. The summed E-state index contributed by atoms with van der Waals surface area (Å²) in [5, 5.41) is 11.8. The van der Waals surface area contributed by atoms with Gasteiger partial charge in [-0.1, -0.05) is 12.1 Å². The molecule has 130 valence electrons. The Labute approximate surface area is 140 Å². The van der Waals surface area contributed by atoms with Crippen LogP contribution in [-0.2, 0) is 20.7 Å². The first-order valence-electron chi connectivity index (χ1n) is 8.03. The van der Waals surface area contributed by atoms with E-state index in [0.29, 0.717) is 38.2 Å². The Balaban J connectivity index is 1.90. The SMILES string of the molecule is CCOC(=O)Cc1cccc(NC(=O)N2CCC(C(=O)O)CC2)c1. The lowest BCUT2D eigenvalue weighted by Crippen LogP contribution is -2.42. The predicted molar refractivity (Wildman–Crippen MR) is 87.7 cm³/mol. The second-order valence-electron chi connectivity index (χ2n) is 5.71. The second kappa shape index (κ2) is 8.33. The summed E-state index contributed by atoms with van der Waals surface area (Å²) in [5.41, 5.74) is 1.36. The summed E-state index contributed by atoms with van der Waals surface area (Å²) in [6.45, 7) is 2.93. The van der Waals surface area contributed by atoms with Crippen LogP contribution >= 0.6 is 0 Å². The fourth-order valence-corrected chi connectivity index (χ4v) is 2.67. The van der Waals surface area contributed by atoms with Crippen LogP contribution in [0.15, 0.2) is 24.3 Å². The largest absolute Gasteiger partial charge is 0.481 e. The summed E-state index contributed by atoms with van der Waals surface area (Å²) in [6.07, 6.45) is 1.08. The molecular weight excluding hydrogens is 312 g/mol. The highest BCUT2D eigenvalue weighted by Gasteiger charge is 2.26. The van der Waals surface area contributed by atoms with Gasteiger partial charge in [0.15, 0.2) is 0 Å². The number of nitrogens with one attached hydrogen (secondary N) is 1. The Morgan fingerprint density at radius 1 is 1.29 bits per heavy atom. The number of rotatable bonds is 5. The fourth-order valence-electron chi connectivity index (χ4n) is 2.67. The number of carboxylic acid groups (broad SMARTS) is 1. The Bertz CT molecular complexity index is 609. The molecule has 1 fully saturated rings. The van der Waals surface area contributed by atoms with Crippen LogP contribution < -0.4 is 5.32 Å². The number of carbonyl (C=O) groups excluding carboxylic acids is 2. The van der Waals surface area contributed by atoms with Gasteiger partial charge < -0.3 is 20.1 Å². The van der Waals surface area contributed by atoms with Crippen LogP contribution in [0, 0.1) is 5.92 Å². The number of amides is 2. The number of anilines is 1. The van der Waals surface area contributed by atoms with E-state index >= 15 is 0 Å². The third-order valence-electron chi connectivity index (χ3n) is 3.96. The first kappa shape index (κ1) is 17.8. The van der Waals surface area contributed by atoms with Gasteiger partial charge in [0.25, 0.3) is 0 Å². The third kappa shape index (κ3) is 4.97. The van der Waals surface area contributed by atoms with Gasteiger partial charge in [0.1, 0.15) is 0 Å². The van der Waals surface area contributed by atoms with Crippen LogP contribution in [0.5, 0.6) is 0 Å². The molecule has 1 aliphatic heterocycles. The van der Waals surface area contributed by atoms with Crippen molar-refractivity contribution in [3.63, 3.8) is 0 Å². The van der Waals surface area contributed by atoms with E-state index in [2.05, 4.69) is 5.32 Å². The highest BCUT2D eigenvalue weighted by molar-refractivity contribution is 5.89. The standard InChI is InChI=1S/C17H22N2O5/c1-2-24-15(20)11-12-4-3-5-14(10-12)18-17(23)19-8-6-13(7-9-19)16(21)22/h3-5,10,13H,2,6-9,11H2,1H3,(H,18,23)(H,21,22). The molecule has 2 amide bonds. The molecule has 1 aromatic rings. The Kier molecular flexibility index (Phi) is 6.17. The molecule has 2 rings (SSSR count). The molecule has 0 unspecified atom stereocenters. The summed E-state index contributed by atoms with van der Waals surface area (Å²) in [7, 11) is 0. The molecule has 24 heavy (non-hydrogen) atoms. The van der Waals surface area contributed by atoms with Crippen LogP contribution in [0.2, 0.25) is 0 Å². The van der Waals surface area contributed by atoms with Crippen molar-refractivity contribution in [3.05, 3.63) is 29.8 Å². The molecule has 0 saturated carbocycles. The maximum absolute atomic E-state index is 12.3. The lowest BCUT2D eigenvalue weighted by atomic mass is 9.97. The summed E-state index contributed by atoms with van der Waals surface area (Å²) in [4.78, 5) is 36.3. The lowest BCUT2D eigenvalue weighted by Gasteiger charge is -2.30. The van der Waals surface area contributed by atoms with Gasteiger partial charge in [0.2, 0.25) is 0 Å². The van der Waals surface area contributed by atoms with Gasteiger partial charge in [-0.25, -0.2) is 4.79 Å². The molecule has 0 spiro atoms. The number of aliphatic carboxylic acids is 1. The number of piperidine rings is 1. The summed E-state index contributed by atoms with van der Waals surface area (Å²) < 4.78 is 4.91. The van der Waals surface area contributed by atoms with Gasteiger partial charge in [-0.2, -0.15) is 0 Å². The zero-order valence-electron chi connectivity index (χ0n) is 13.7. The molecule has 1 aliphatic rings. The minimum atomic E-state index is -0.804. The van der Waals surface area contributed by atoms with E-state index in [4.69, 9.17) is 9.84 Å². The first-order chi connectivity index (χ1) is 11.5. The topological polar surface area (TPSA) is 95.9 Å². The number of hydrogen-bond acceptors (Lipinski definition) is 4. The zero-order valence-corrected chi connectivity index (χ0v) is 13.7. The smallest absolute Gasteiger partial charge is 0.321 e. The highest BCUT2D eigenvalue weighted by Crippen LogP contribution is 2.19. The molecule has 0 aromatic heterocycles. The fraction of sp³-hybridized carbons (Fsp3) is 0.471. The van der Waals surface area contributed by atoms with Gasteiger partial charge in [0, 0.05) is 18.8 Å². The van der Waals surface area contributed by atoms with E-state index < -0.39 is 5.97 Å². The normalized spacial score (nSPS) is 15.0. The van der Waals surface area contributed by atoms with Gasteiger partial charge in [-0.3, -0.25) is 9.59 Å². The summed E-state index contributed by atoms with van der Waals surface area (Å²) in [5.74, 6) is -1.49. The van der Waals surface area contributed by atoms with Crippen molar-refractivity contribution in [3.8, 4) is 0 Å².